The molecule has 0 atom stereocenters. The minimum atomic E-state index is 0.124. The summed E-state index contributed by atoms with van der Waals surface area (Å²) in [7, 11) is 0. The third-order valence-electron chi connectivity index (χ3n) is 2.03. The van der Waals surface area contributed by atoms with Crippen LogP contribution in [0.1, 0.15) is 19.3 Å². The lowest BCUT2D eigenvalue weighted by Crippen LogP contribution is -2.40. The molecule has 1 fully saturated rings. The molecule has 1 aliphatic rings. The van der Waals surface area contributed by atoms with Gasteiger partial charge in [-0.25, -0.2) is 0 Å². The van der Waals surface area contributed by atoms with Crippen LogP contribution in [0.25, 0.3) is 0 Å². The molecule has 4 heteroatoms. The monoisotopic (exact) mass is 184 g/mol. The number of ether oxygens (including phenoxy) is 1. The Hall–Kier alpha value is -0.900. The van der Waals surface area contributed by atoms with Gasteiger partial charge in [-0.2, -0.15) is 0 Å². The van der Waals surface area contributed by atoms with Gasteiger partial charge in [0.2, 0.25) is 5.91 Å². The Morgan fingerprint density at radius 1 is 1.38 bits per heavy atom. The molecule has 1 radical (unpaired) electrons. The van der Waals surface area contributed by atoms with Gasteiger partial charge in [-0.05, 0) is 6.42 Å². The van der Waals surface area contributed by atoms with Crippen molar-refractivity contribution in [1.29, 1.82) is 0 Å². The van der Waals surface area contributed by atoms with Crippen LogP contribution in [0.2, 0.25) is 0 Å². The average molecular weight is 184 g/mol. The highest BCUT2D eigenvalue weighted by Crippen LogP contribution is 2.02. The van der Waals surface area contributed by atoms with Crippen molar-refractivity contribution in [3.8, 4) is 0 Å². The summed E-state index contributed by atoms with van der Waals surface area (Å²) in [5.74, 6) is 0.124. The largest absolute Gasteiger partial charge is 0.378 e. The summed E-state index contributed by atoms with van der Waals surface area (Å²) in [5, 5.41) is 0. The van der Waals surface area contributed by atoms with Crippen LogP contribution in [-0.2, 0) is 14.3 Å². The number of carbonyl (C=O) groups excluding carboxylic acids is 2. The Balaban J connectivity index is 2.17. The number of hydrogen-bond donors (Lipinski definition) is 0. The Kier molecular flexibility index (Phi) is 4.46. The first kappa shape index (κ1) is 10.2. The number of morpholine rings is 1. The predicted molar refractivity (Wildman–Crippen MR) is 46.9 cm³/mol. The molecule has 0 aromatic rings. The first-order valence-corrected chi connectivity index (χ1v) is 4.55. The molecule has 0 unspecified atom stereocenters. The van der Waals surface area contributed by atoms with Crippen molar-refractivity contribution in [3.63, 3.8) is 0 Å². The highest BCUT2D eigenvalue weighted by molar-refractivity contribution is 5.76. The first-order chi connectivity index (χ1) is 6.34. The molecule has 0 saturated carbocycles. The van der Waals surface area contributed by atoms with Gasteiger partial charge in [0.15, 0.2) is 6.29 Å². The van der Waals surface area contributed by atoms with Crippen LogP contribution < -0.4 is 0 Å². The van der Waals surface area contributed by atoms with Crippen LogP contribution in [0.3, 0.4) is 0 Å². The lowest BCUT2D eigenvalue weighted by atomic mass is 10.2. The van der Waals surface area contributed by atoms with Gasteiger partial charge >= 0.3 is 0 Å². The van der Waals surface area contributed by atoms with Crippen molar-refractivity contribution in [3.05, 3.63) is 0 Å². The summed E-state index contributed by atoms with van der Waals surface area (Å²) >= 11 is 0. The van der Waals surface area contributed by atoms with Crippen molar-refractivity contribution in [2.75, 3.05) is 26.3 Å². The Morgan fingerprint density at radius 2 is 2.08 bits per heavy atom. The second kappa shape index (κ2) is 5.70. The minimum absolute atomic E-state index is 0.124. The lowest BCUT2D eigenvalue weighted by molar-refractivity contribution is -0.135. The minimum Gasteiger partial charge on any atom is -0.378 e. The van der Waals surface area contributed by atoms with Gasteiger partial charge in [-0.1, -0.05) is 0 Å². The number of carbonyl (C=O) groups is 1. The molecule has 0 aromatic carbocycles. The second-order valence-electron chi connectivity index (χ2n) is 2.99. The van der Waals surface area contributed by atoms with Crippen molar-refractivity contribution in [2.24, 2.45) is 0 Å². The van der Waals surface area contributed by atoms with Gasteiger partial charge in [-0.3, -0.25) is 9.59 Å². The highest BCUT2D eigenvalue weighted by atomic mass is 16.5. The summed E-state index contributed by atoms with van der Waals surface area (Å²) in [6.45, 7) is 2.63. The lowest BCUT2D eigenvalue weighted by Gasteiger charge is -2.26. The number of nitrogens with zero attached hydrogens (tertiary/aromatic N) is 1. The summed E-state index contributed by atoms with van der Waals surface area (Å²) in [5.41, 5.74) is 0. The smallest absolute Gasteiger partial charge is 0.222 e. The molecule has 1 aliphatic heterocycles. The Labute approximate surface area is 77.8 Å². The zero-order chi connectivity index (χ0) is 9.52. The van der Waals surface area contributed by atoms with Crippen molar-refractivity contribution < 1.29 is 14.3 Å². The zero-order valence-corrected chi connectivity index (χ0v) is 7.62. The third kappa shape index (κ3) is 3.55. The van der Waals surface area contributed by atoms with E-state index < -0.39 is 0 Å². The molecule has 0 spiro atoms. The van der Waals surface area contributed by atoms with E-state index in [1.165, 1.54) is 0 Å². The average Bonchev–Trinajstić information content (AvgIpc) is 2.19. The van der Waals surface area contributed by atoms with Gasteiger partial charge in [0, 0.05) is 25.9 Å². The van der Waals surface area contributed by atoms with Gasteiger partial charge in [0.05, 0.1) is 13.2 Å². The first-order valence-electron chi connectivity index (χ1n) is 4.55. The van der Waals surface area contributed by atoms with Crippen LogP contribution in [0.15, 0.2) is 0 Å². The van der Waals surface area contributed by atoms with Crippen LogP contribution in [0.4, 0.5) is 0 Å². The van der Waals surface area contributed by atoms with E-state index in [1.54, 1.807) is 11.2 Å². The van der Waals surface area contributed by atoms with E-state index in [0.29, 0.717) is 45.6 Å². The molecule has 73 valence electrons. The van der Waals surface area contributed by atoms with Crippen molar-refractivity contribution in [2.45, 2.75) is 19.3 Å². The van der Waals surface area contributed by atoms with E-state index in [-0.39, 0.29) is 5.91 Å². The number of hydrogen-bond acceptors (Lipinski definition) is 3. The third-order valence-corrected chi connectivity index (χ3v) is 2.03. The molecular weight excluding hydrogens is 170 g/mol. The molecule has 4 nitrogen and oxygen atoms in total. The van der Waals surface area contributed by atoms with E-state index in [2.05, 4.69) is 0 Å². The standard InChI is InChI=1S/C9H14NO3/c11-6-2-1-3-9(12)10-4-7-13-8-5-10/h1-5,7-8H2. The molecular formula is C9H14NO3. The summed E-state index contributed by atoms with van der Waals surface area (Å²) in [4.78, 5) is 23.1. The predicted octanol–water partition coefficient (Wildman–Crippen LogP) is 0.125. The van der Waals surface area contributed by atoms with Gasteiger partial charge < -0.3 is 9.64 Å². The maximum absolute atomic E-state index is 11.4. The fraction of sp³-hybridized carbons (Fsp3) is 0.778. The van der Waals surface area contributed by atoms with Crippen molar-refractivity contribution >= 4 is 12.2 Å². The molecule has 1 rings (SSSR count). The van der Waals surface area contributed by atoms with Crippen LogP contribution in [-0.4, -0.2) is 43.4 Å². The summed E-state index contributed by atoms with van der Waals surface area (Å²) in [6, 6.07) is 0. The van der Waals surface area contributed by atoms with Gasteiger partial charge in [0.1, 0.15) is 0 Å². The Morgan fingerprint density at radius 3 is 2.69 bits per heavy atom. The van der Waals surface area contributed by atoms with E-state index >= 15 is 0 Å². The fourth-order valence-electron chi connectivity index (χ4n) is 1.28. The maximum atomic E-state index is 11.4. The van der Waals surface area contributed by atoms with E-state index in [4.69, 9.17) is 4.74 Å². The second-order valence-corrected chi connectivity index (χ2v) is 2.99. The van der Waals surface area contributed by atoms with Gasteiger partial charge in [0.25, 0.3) is 0 Å². The molecule has 1 heterocycles. The van der Waals surface area contributed by atoms with Crippen LogP contribution >= 0.6 is 0 Å². The molecule has 13 heavy (non-hydrogen) atoms. The number of rotatable bonds is 4. The topological polar surface area (TPSA) is 46.6 Å². The molecule has 0 aromatic heterocycles. The fourth-order valence-corrected chi connectivity index (χ4v) is 1.28. The van der Waals surface area contributed by atoms with Crippen molar-refractivity contribution in [1.82, 2.24) is 4.90 Å². The summed E-state index contributed by atoms with van der Waals surface area (Å²) in [6.07, 6.45) is 3.20. The highest BCUT2D eigenvalue weighted by Gasteiger charge is 2.15. The Bertz CT molecular complexity index is 176. The molecule has 1 saturated heterocycles. The SMILES string of the molecule is O=[C]CCCC(=O)N1CCOCC1. The molecule has 1 amide bonds. The van der Waals surface area contributed by atoms with Crippen LogP contribution in [0, 0.1) is 0 Å². The van der Waals surface area contributed by atoms with E-state index in [1.807, 2.05) is 0 Å². The molecule has 0 N–H and O–H groups in total. The van der Waals surface area contributed by atoms with E-state index in [0.717, 1.165) is 0 Å². The quantitative estimate of drug-likeness (QED) is 0.583. The van der Waals surface area contributed by atoms with Crippen LogP contribution in [0.5, 0.6) is 0 Å². The van der Waals surface area contributed by atoms with Gasteiger partial charge in [-0.15, -0.1) is 0 Å². The normalized spacial score (nSPS) is 17.1. The zero-order valence-electron chi connectivity index (χ0n) is 7.62. The van der Waals surface area contributed by atoms with E-state index in [9.17, 15) is 9.59 Å². The maximum Gasteiger partial charge on any atom is 0.222 e. The number of amides is 1. The number of unbranched alkanes of at least 4 members (excludes halogenated alkanes) is 1. The summed E-state index contributed by atoms with van der Waals surface area (Å²) < 4.78 is 5.12. The molecule has 0 aliphatic carbocycles. The molecule has 0 bridgehead atoms.